The minimum Gasteiger partial charge on any atom is -0.490 e. The molecule has 0 aromatic heterocycles. The van der Waals surface area contributed by atoms with Gasteiger partial charge in [-0.3, -0.25) is 0 Å². The average Bonchev–Trinajstić information content (AvgIpc) is 2.54. The number of ether oxygens (including phenoxy) is 1. The number of nitrogens with zero attached hydrogens (tertiary/aromatic N) is 1. The molecule has 0 unspecified atom stereocenters. The van der Waals surface area contributed by atoms with Gasteiger partial charge in [0.05, 0.1) is 27.8 Å². The minimum atomic E-state index is -3.79. The maximum absolute atomic E-state index is 12.1. The minimum absolute atomic E-state index is 0.0487. The molecule has 2 aromatic carbocycles. The van der Waals surface area contributed by atoms with Gasteiger partial charge in [-0.05, 0) is 47.9 Å². The molecule has 0 bridgehead atoms. The van der Waals surface area contributed by atoms with E-state index in [2.05, 4.69) is 9.93 Å². The van der Waals surface area contributed by atoms with Gasteiger partial charge in [-0.25, -0.2) is 4.83 Å². The van der Waals surface area contributed by atoms with E-state index in [1.54, 1.807) is 12.1 Å². The molecule has 0 atom stereocenters. The highest BCUT2D eigenvalue weighted by molar-refractivity contribution is 7.89. The van der Waals surface area contributed by atoms with Crippen LogP contribution in [0.2, 0.25) is 15.1 Å². The summed E-state index contributed by atoms with van der Waals surface area (Å²) in [5.41, 5.74) is 0.524. The van der Waals surface area contributed by atoms with Crippen molar-refractivity contribution in [1.29, 1.82) is 0 Å². The Morgan fingerprint density at radius 2 is 1.69 bits per heavy atom. The molecule has 1 N–H and O–H groups in total. The zero-order valence-electron chi connectivity index (χ0n) is 14.0. The smallest absolute Gasteiger partial charge is 0.276 e. The molecule has 2 aromatic rings. The van der Waals surface area contributed by atoms with Gasteiger partial charge < -0.3 is 4.74 Å². The third-order valence-corrected chi connectivity index (χ3v) is 5.14. The number of sulfonamides is 1. The van der Waals surface area contributed by atoms with E-state index in [0.29, 0.717) is 38.9 Å². The quantitative estimate of drug-likeness (QED) is 0.492. The lowest BCUT2D eigenvalue weighted by atomic mass is 10.2. The first-order valence-electron chi connectivity index (χ1n) is 7.61. The topological polar surface area (TPSA) is 67.8 Å². The third kappa shape index (κ3) is 5.77. The lowest BCUT2D eigenvalue weighted by Gasteiger charge is -2.12. The standard InChI is InChI=1S/C17H17Cl3N2O3S/c1-11(2)10-25-17-15(19)7-12(8-16(17)20)9-21-22-26(23,24)14-5-3-13(18)4-6-14/h3-9,11,22H,10H2,1-2H3/b21-9+. The first kappa shape index (κ1) is 20.8. The number of hydrogen-bond donors (Lipinski definition) is 1. The van der Waals surface area contributed by atoms with Gasteiger partial charge in [0, 0.05) is 5.02 Å². The van der Waals surface area contributed by atoms with Gasteiger partial charge in [0.2, 0.25) is 0 Å². The van der Waals surface area contributed by atoms with Crippen molar-refractivity contribution in [1.82, 2.24) is 4.83 Å². The number of nitrogens with one attached hydrogen (secondary N) is 1. The van der Waals surface area contributed by atoms with Crippen LogP contribution in [0, 0.1) is 5.92 Å². The predicted octanol–water partition coefficient (Wildman–Crippen LogP) is 4.99. The summed E-state index contributed by atoms with van der Waals surface area (Å²) >= 11 is 18.1. The first-order valence-corrected chi connectivity index (χ1v) is 10.2. The van der Waals surface area contributed by atoms with Crippen LogP contribution < -0.4 is 9.57 Å². The van der Waals surface area contributed by atoms with Gasteiger partial charge in [-0.2, -0.15) is 13.5 Å². The second-order valence-electron chi connectivity index (χ2n) is 5.83. The molecule has 0 amide bonds. The Kier molecular flexibility index (Phi) is 7.17. The second kappa shape index (κ2) is 8.95. The lowest BCUT2D eigenvalue weighted by Crippen LogP contribution is -2.18. The van der Waals surface area contributed by atoms with Crippen molar-refractivity contribution in [3.05, 3.63) is 57.0 Å². The summed E-state index contributed by atoms with van der Waals surface area (Å²) in [5, 5.41) is 4.82. The molecule has 0 fully saturated rings. The van der Waals surface area contributed by atoms with Gasteiger partial charge in [0.15, 0.2) is 5.75 Å². The van der Waals surface area contributed by atoms with Crippen LogP contribution in [0.4, 0.5) is 0 Å². The predicted molar refractivity (Wildman–Crippen MR) is 106 cm³/mol. The van der Waals surface area contributed by atoms with Crippen LogP contribution >= 0.6 is 34.8 Å². The van der Waals surface area contributed by atoms with Crippen molar-refractivity contribution in [2.45, 2.75) is 18.7 Å². The van der Waals surface area contributed by atoms with Crippen molar-refractivity contribution in [3.63, 3.8) is 0 Å². The molecule has 9 heteroatoms. The number of hydrazone groups is 1. The molecule has 0 saturated carbocycles. The summed E-state index contributed by atoms with van der Waals surface area (Å²) in [5.74, 6) is 0.714. The average molecular weight is 436 g/mol. The zero-order valence-corrected chi connectivity index (χ0v) is 17.1. The molecule has 0 aliphatic carbocycles. The maximum Gasteiger partial charge on any atom is 0.276 e. The van der Waals surface area contributed by atoms with Gasteiger partial charge in [0.1, 0.15) is 0 Å². The Balaban J connectivity index is 2.11. The van der Waals surface area contributed by atoms with E-state index in [1.807, 2.05) is 13.8 Å². The van der Waals surface area contributed by atoms with Gasteiger partial charge in [-0.1, -0.05) is 48.7 Å². The summed E-state index contributed by atoms with van der Waals surface area (Å²) < 4.78 is 29.8. The van der Waals surface area contributed by atoms with Crippen molar-refractivity contribution in [2.75, 3.05) is 6.61 Å². The molecule has 5 nitrogen and oxygen atoms in total. The fourth-order valence-electron chi connectivity index (χ4n) is 1.88. The van der Waals surface area contributed by atoms with Crippen molar-refractivity contribution >= 4 is 51.0 Å². The van der Waals surface area contributed by atoms with Crippen molar-refractivity contribution < 1.29 is 13.2 Å². The second-order valence-corrected chi connectivity index (χ2v) is 8.74. The van der Waals surface area contributed by atoms with Crippen LogP contribution in [0.1, 0.15) is 19.4 Å². The molecule has 0 aliphatic heterocycles. The molecular formula is C17H17Cl3N2O3S. The van der Waals surface area contributed by atoms with E-state index in [4.69, 9.17) is 39.5 Å². The number of benzene rings is 2. The number of halogens is 3. The van der Waals surface area contributed by atoms with Crippen LogP contribution in [0.3, 0.4) is 0 Å². The van der Waals surface area contributed by atoms with Gasteiger partial charge in [0.25, 0.3) is 10.0 Å². The molecule has 2 rings (SSSR count). The monoisotopic (exact) mass is 434 g/mol. The molecule has 0 saturated heterocycles. The van der Waals surface area contributed by atoms with Crippen LogP contribution in [0.25, 0.3) is 0 Å². The largest absolute Gasteiger partial charge is 0.490 e. The first-order chi connectivity index (χ1) is 12.2. The van der Waals surface area contributed by atoms with Crippen LogP contribution in [0.5, 0.6) is 5.75 Å². The number of rotatable bonds is 7. The Labute approximate surface area is 168 Å². The van der Waals surface area contributed by atoms with Crippen molar-refractivity contribution in [3.8, 4) is 5.75 Å². The fourth-order valence-corrected chi connectivity index (χ4v) is 3.41. The van der Waals surface area contributed by atoms with Crippen LogP contribution in [-0.4, -0.2) is 21.2 Å². The van der Waals surface area contributed by atoms with Crippen LogP contribution in [-0.2, 0) is 10.0 Å². The Morgan fingerprint density at radius 1 is 1.12 bits per heavy atom. The van der Waals surface area contributed by atoms with E-state index in [1.165, 1.54) is 30.5 Å². The summed E-state index contributed by atoms with van der Waals surface area (Å²) in [6.07, 6.45) is 1.30. The van der Waals surface area contributed by atoms with Gasteiger partial charge >= 0.3 is 0 Å². The molecule has 0 heterocycles. The molecule has 140 valence electrons. The summed E-state index contributed by atoms with van der Waals surface area (Å²) in [6, 6.07) is 8.90. The van der Waals surface area contributed by atoms with E-state index in [0.717, 1.165) is 0 Å². The molecule has 26 heavy (non-hydrogen) atoms. The van der Waals surface area contributed by atoms with Gasteiger partial charge in [-0.15, -0.1) is 0 Å². The van der Waals surface area contributed by atoms with E-state index in [9.17, 15) is 8.42 Å². The summed E-state index contributed by atoms with van der Waals surface area (Å²) in [6.45, 7) is 4.50. The number of hydrogen-bond acceptors (Lipinski definition) is 4. The molecule has 0 spiro atoms. The Morgan fingerprint density at radius 3 is 2.23 bits per heavy atom. The summed E-state index contributed by atoms with van der Waals surface area (Å²) in [7, 11) is -3.79. The highest BCUT2D eigenvalue weighted by Gasteiger charge is 2.13. The zero-order chi connectivity index (χ0) is 19.3. The van der Waals surface area contributed by atoms with E-state index < -0.39 is 10.0 Å². The Hall–Kier alpha value is -1.47. The van der Waals surface area contributed by atoms with E-state index in [-0.39, 0.29) is 4.90 Å². The van der Waals surface area contributed by atoms with Crippen LogP contribution in [0.15, 0.2) is 46.4 Å². The highest BCUT2D eigenvalue weighted by atomic mass is 35.5. The molecule has 0 radical (unpaired) electrons. The molecule has 0 aliphatic rings. The lowest BCUT2D eigenvalue weighted by molar-refractivity contribution is 0.271. The van der Waals surface area contributed by atoms with Crippen molar-refractivity contribution in [2.24, 2.45) is 11.0 Å². The SMILES string of the molecule is CC(C)COc1c(Cl)cc(/C=N/NS(=O)(=O)c2ccc(Cl)cc2)cc1Cl. The van der Waals surface area contributed by atoms with E-state index >= 15 is 0 Å². The fraction of sp³-hybridized carbons (Fsp3) is 0.235. The summed E-state index contributed by atoms with van der Waals surface area (Å²) in [4.78, 5) is 2.17. The third-order valence-electron chi connectivity index (χ3n) is 3.09. The Bertz CT molecular complexity index is 875. The molecular weight excluding hydrogens is 419 g/mol. The maximum atomic E-state index is 12.1. The highest BCUT2D eigenvalue weighted by Crippen LogP contribution is 2.34. The normalized spacial score (nSPS) is 11.9.